The Bertz CT molecular complexity index is 1750. The highest BCUT2D eigenvalue weighted by atomic mass is 79.9. The Hall–Kier alpha value is -2.50. The lowest BCUT2D eigenvalue weighted by molar-refractivity contribution is -0.188. The summed E-state index contributed by atoms with van der Waals surface area (Å²) in [6.45, 7) is 11.4. The predicted molar refractivity (Wildman–Crippen MR) is 236 cm³/mol. The minimum atomic E-state index is -2.02. The second kappa shape index (κ2) is 20.6. The first kappa shape index (κ1) is 54.8. The number of esters is 6. The molecule has 0 radical (unpaired) electrons. The van der Waals surface area contributed by atoms with Crippen LogP contribution in [-0.2, 0) is 76.3 Å². The van der Waals surface area contributed by atoms with Crippen molar-refractivity contribution >= 4 is 111 Å². The SMILES string of the molecule is CC(C)(Br)C(=O)OCC(C)(COC(=O)C(C)(C)Br)C(=O)OCC(C)(COC(=O)C(C)(COC(=O)C(C)(C)Br)CO[C@@H](O)C(C)(C)Br)C(=O)OCCN1C(=O)[C@@H]2C3C=CC(O3)[C@@H]2C1=O. The fourth-order valence-electron chi connectivity index (χ4n) is 5.92. The second-order valence-electron chi connectivity index (χ2n) is 18.7. The van der Waals surface area contributed by atoms with E-state index in [4.69, 9.17) is 37.9 Å². The van der Waals surface area contributed by atoms with Crippen LogP contribution in [-0.4, -0.2) is 146 Å². The third-order valence-electron chi connectivity index (χ3n) is 10.2. The lowest BCUT2D eigenvalue weighted by Crippen LogP contribution is -2.48. The molecule has 2 bridgehead atoms. The van der Waals surface area contributed by atoms with Crippen LogP contribution >= 0.6 is 63.7 Å². The third kappa shape index (κ3) is 14.0. The molecule has 3 aliphatic rings. The molecule has 1 N–H and O–H groups in total. The van der Waals surface area contributed by atoms with Gasteiger partial charge in [-0.2, -0.15) is 0 Å². The Labute approximate surface area is 400 Å². The average Bonchev–Trinajstić information content (AvgIpc) is 3.86. The first-order chi connectivity index (χ1) is 28.6. The van der Waals surface area contributed by atoms with E-state index in [2.05, 4.69) is 63.7 Å². The van der Waals surface area contributed by atoms with Gasteiger partial charge in [0.1, 0.15) is 68.9 Å². The van der Waals surface area contributed by atoms with Gasteiger partial charge in [0, 0.05) is 0 Å². The van der Waals surface area contributed by atoms with Gasteiger partial charge in [-0.15, -0.1) is 0 Å². The van der Waals surface area contributed by atoms with Crippen LogP contribution in [0.5, 0.6) is 0 Å². The summed E-state index contributed by atoms with van der Waals surface area (Å²) in [5.41, 5.74) is -5.65. The van der Waals surface area contributed by atoms with Gasteiger partial charge in [-0.05, 0) is 76.2 Å². The largest absolute Gasteiger partial charge is 0.464 e. The van der Waals surface area contributed by atoms with Crippen LogP contribution in [0.3, 0.4) is 0 Å². The second-order valence-corrected chi connectivity index (χ2v) is 26.7. The zero-order valence-corrected chi connectivity index (χ0v) is 43.5. The van der Waals surface area contributed by atoms with Crippen LogP contribution in [0.15, 0.2) is 12.2 Å². The number of nitrogens with zero attached hydrogens (tertiary/aromatic N) is 1. The molecule has 0 spiro atoms. The van der Waals surface area contributed by atoms with E-state index in [0.29, 0.717) is 0 Å². The number of fused-ring (bicyclic) bond motifs is 5. The molecule has 3 rings (SSSR count). The van der Waals surface area contributed by atoms with Gasteiger partial charge in [-0.3, -0.25) is 43.3 Å². The Morgan fingerprint density at radius 3 is 1.17 bits per heavy atom. The quantitative estimate of drug-likeness (QED) is 0.0377. The number of aliphatic hydroxyl groups is 1. The molecule has 2 fully saturated rings. The summed E-state index contributed by atoms with van der Waals surface area (Å²) in [6, 6.07) is 0. The summed E-state index contributed by atoms with van der Waals surface area (Å²) in [5, 5.41) is 10.6. The molecule has 2 amide bonds. The first-order valence-corrected chi connectivity index (χ1v) is 23.0. The van der Waals surface area contributed by atoms with Crippen molar-refractivity contribution in [1.82, 2.24) is 4.90 Å². The Balaban J connectivity index is 1.89. The summed E-state index contributed by atoms with van der Waals surface area (Å²) < 4.78 is 40.0. The summed E-state index contributed by atoms with van der Waals surface area (Å²) in [4.78, 5) is 107. The molecule has 63 heavy (non-hydrogen) atoms. The Morgan fingerprint density at radius 2 is 0.857 bits per heavy atom. The molecule has 356 valence electrons. The number of carbonyl (C=O) groups excluding carboxylic acids is 8. The summed E-state index contributed by atoms with van der Waals surface area (Å²) >= 11 is 12.9. The van der Waals surface area contributed by atoms with Crippen LogP contribution < -0.4 is 0 Å². The van der Waals surface area contributed by atoms with E-state index in [1.807, 2.05) is 0 Å². The van der Waals surface area contributed by atoms with Crippen molar-refractivity contribution in [3.63, 3.8) is 0 Å². The Kier molecular flexibility index (Phi) is 17.9. The average molecular weight is 1160 g/mol. The number of hydrogen-bond acceptors (Lipinski definition) is 17. The van der Waals surface area contributed by atoms with Crippen molar-refractivity contribution in [2.24, 2.45) is 28.1 Å². The van der Waals surface area contributed by atoms with Crippen LogP contribution in [0.2, 0.25) is 0 Å². The molecule has 0 aromatic carbocycles. The molecular weight excluding hydrogens is 1100 g/mol. The van der Waals surface area contributed by atoms with Crippen molar-refractivity contribution in [2.75, 3.05) is 52.8 Å². The van der Waals surface area contributed by atoms with E-state index in [1.54, 1.807) is 26.0 Å². The van der Waals surface area contributed by atoms with Crippen LogP contribution in [0.25, 0.3) is 0 Å². The van der Waals surface area contributed by atoms with E-state index >= 15 is 0 Å². The minimum absolute atomic E-state index is 0.314. The van der Waals surface area contributed by atoms with Crippen molar-refractivity contribution in [3.05, 3.63) is 12.2 Å². The Morgan fingerprint density at radius 1 is 0.556 bits per heavy atom. The van der Waals surface area contributed by atoms with E-state index < -0.39 is 158 Å². The minimum Gasteiger partial charge on any atom is -0.464 e. The smallest absolute Gasteiger partial charge is 0.322 e. The van der Waals surface area contributed by atoms with Crippen molar-refractivity contribution in [2.45, 2.75) is 112 Å². The number of rotatable bonds is 23. The highest BCUT2D eigenvalue weighted by molar-refractivity contribution is 9.10. The van der Waals surface area contributed by atoms with Gasteiger partial charge in [0.05, 0.1) is 41.5 Å². The number of imide groups is 1. The molecule has 3 heterocycles. The molecule has 22 heteroatoms. The maximum absolute atomic E-state index is 14.0. The zero-order valence-electron chi connectivity index (χ0n) is 37.1. The number of amides is 2. The molecule has 7 atom stereocenters. The molecule has 18 nitrogen and oxygen atoms in total. The van der Waals surface area contributed by atoms with Crippen LogP contribution in [0.4, 0.5) is 0 Å². The fourth-order valence-corrected chi connectivity index (χ4v) is 6.39. The summed E-state index contributed by atoms with van der Waals surface area (Å²) in [6.07, 6.45) is 0.936. The molecule has 3 aliphatic heterocycles. The maximum Gasteiger partial charge on any atom is 0.322 e. The molecule has 0 aromatic rings. The van der Waals surface area contributed by atoms with E-state index in [0.717, 1.165) is 4.90 Å². The number of carbonyl (C=O) groups is 8. The topological polar surface area (TPSA) is 234 Å². The maximum atomic E-state index is 14.0. The number of alkyl halides is 4. The normalized spacial score (nSPS) is 22.4. The number of halogens is 4. The van der Waals surface area contributed by atoms with Gasteiger partial charge in [-0.25, -0.2) is 0 Å². The third-order valence-corrected chi connectivity index (χ3v) is 11.6. The summed E-state index contributed by atoms with van der Waals surface area (Å²) in [5.74, 6) is -7.83. The van der Waals surface area contributed by atoms with Crippen LogP contribution in [0, 0.1) is 28.1 Å². The number of aliphatic hydroxyl groups excluding tert-OH is 1. The predicted octanol–water partition coefficient (Wildman–Crippen LogP) is 4.23. The van der Waals surface area contributed by atoms with E-state index in [9.17, 15) is 43.5 Å². The number of ether oxygens (including phenoxy) is 8. The fraction of sp³-hybridized carbons (Fsp3) is 0.756. The van der Waals surface area contributed by atoms with E-state index in [-0.39, 0.29) is 6.54 Å². The van der Waals surface area contributed by atoms with Crippen LogP contribution in [0.1, 0.15) is 76.2 Å². The van der Waals surface area contributed by atoms with Gasteiger partial charge in [0.15, 0.2) is 6.29 Å². The summed E-state index contributed by atoms with van der Waals surface area (Å²) in [7, 11) is 0. The zero-order chi connectivity index (χ0) is 48.3. The van der Waals surface area contributed by atoms with Gasteiger partial charge < -0.3 is 43.0 Å². The number of likely N-dealkylation sites (tertiary alicyclic amines) is 1. The molecular formula is C41H57Br4NO17. The lowest BCUT2D eigenvalue weighted by Gasteiger charge is -2.33. The van der Waals surface area contributed by atoms with Crippen molar-refractivity contribution < 1.29 is 81.4 Å². The molecule has 4 unspecified atom stereocenters. The molecule has 0 saturated carbocycles. The number of hydrogen-bond donors (Lipinski definition) is 1. The highest BCUT2D eigenvalue weighted by Gasteiger charge is 2.60. The van der Waals surface area contributed by atoms with Gasteiger partial charge in [-0.1, -0.05) is 75.9 Å². The molecule has 0 aromatic heterocycles. The van der Waals surface area contributed by atoms with Gasteiger partial charge in [0.25, 0.3) is 0 Å². The van der Waals surface area contributed by atoms with E-state index in [1.165, 1.54) is 62.3 Å². The molecule has 0 aliphatic carbocycles. The monoisotopic (exact) mass is 1150 g/mol. The highest BCUT2D eigenvalue weighted by Crippen LogP contribution is 2.45. The van der Waals surface area contributed by atoms with Crippen molar-refractivity contribution in [1.29, 1.82) is 0 Å². The molecule has 2 saturated heterocycles. The first-order valence-electron chi connectivity index (χ1n) is 19.9. The van der Waals surface area contributed by atoms with Gasteiger partial charge in [0.2, 0.25) is 11.8 Å². The van der Waals surface area contributed by atoms with Crippen molar-refractivity contribution in [3.8, 4) is 0 Å². The van der Waals surface area contributed by atoms with Gasteiger partial charge >= 0.3 is 35.8 Å². The lowest BCUT2D eigenvalue weighted by atomic mass is 9.85. The standard InChI is InChI=1S/C41H57Br4NO17/c1-35(2,42)28(49)57-16-40(10,17-58-29(50)36(3,4)43)33(54)61-20-39(9,32(53)56-15-14-46-26(47)24-22-12-13-23(63-22)25(24)27(46)48)21-62-34(55)41(11,18-59-30(51)37(5,6)44)19-60-31(52)38(7,8)45/h12-13,22-25,28,49H,14-21H2,1-11H3/t22?,23?,24-,25+,28-,39?,40?/m1/s1.